The van der Waals surface area contributed by atoms with Gasteiger partial charge in [-0.3, -0.25) is 0 Å². The second-order valence-corrected chi connectivity index (χ2v) is 6.38. The molecule has 0 aromatic heterocycles. The van der Waals surface area contributed by atoms with E-state index in [9.17, 15) is 4.79 Å². The fraction of sp³-hybridized carbons (Fsp3) is 0.917. The highest BCUT2D eigenvalue weighted by Crippen LogP contribution is 2.23. The Labute approximate surface area is 104 Å². The van der Waals surface area contributed by atoms with Crippen LogP contribution in [0.5, 0.6) is 0 Å². The molecule has 4 heteroatoms. The summed E-state index contributed by atoms with van der Waals surface area (Å²) in [6, 6.07) is 0. The standard InChI is InChI=1S/C12H23NO2S/c1-9(16)10-6-5-7-13(8-10)11(14)15-12(2,3)4/h9-10,16H,5-8H2,1-4H3/t9-,10-/m1/s1. The van der Waals surface area contributed by atoms with Crippen molar-refractivity contribution in [3.63, 3.8) is 0 Å². The van der Waals surface area contributed by atoms with Crippen LogP contribution in [-0.4, -0.2) is 34.9 Å². The SMILES string of the molecule is C[C@@H](S)[C@@H]1CCCN(C(=O)OC(C)(C)C)C1. The van der Waals surface area contributed by atoms with Gasteiger partial charge in [0.15, 0.2) is 0 Å². The number of carbonyl (C=O) groups excluding carboxylic acids is 1. The Hall–Kier alpha value is -0.380. The first-order valence-corrected chi connectivity index (χ1v) is 6.47. The predicted octanol–water partition coefficient (Wildman–Crippen LogP) is 2.95. The van der Waals surface area contributed by atoms with Crippen LogP contribution in [0.3, 0.4) is 0 Å². The Morgan fingerprint density at radius 2 is 2.12 bits per heavy atom. The molecule has 94 valence electrons. The highest BCUT2D eigenvalue weighted by Gasteiger charge is 2.28. The summed E-state index contributed by atoms with van der Waals surface area (Å²) in [5.41, 5.74) is -0.406. The summed E-state index contributed by atoms with van der Waals surface area (Å²) < 4.78 is 5.37. The topological polar surface area (TPSA) is 29.5 Å². The normalized spacial score (nSPS) is 24.1. The van der Waals surface area contributed by atoms with Gasteiger partial charge in [0.2, 0.25) is 0 Å². The van der Waals surface area contributed by atoms with Gasteiger partial charge in [-0.1, -0.05) is 6.92 Å². The number of piperidine rings is 1. The molecule has 0 saturated carbocycles. The van der Waals surface area contributed by atoms with E-state index < -0.39 is 5.60 Å². The summed E-state index contributed by atoms with van der Waals surface area (Å²) in [6.07, 6.45) is 2.02. The average molecular weight is 245 g/mol. The molecule has 1 saturated heterocycles. The number of rotatable bonds is 1. The van der Waals surface area contributed by atoms with E-state index in [2.05, 4.69) is 19.6 Å². The number of thiol groups is 1. The van der Waals surface area contributed by atoms with Crippen molar-refractivity contribution in [3.05, 3.63) is 0 Å². The maximum Gasteiger partial charge on any atom is 0.410 e. The molecule has 2 atom stereocenters. The summed E-state index contributed by atoms with van der Waals surface area (Å²) >= 11 is 4.46. The number of amides is 1. The number of hydrogen-bond donors (Lipinski definition) is 1. The highest BCUT2D eigenvalue weighted by atomic mass is 32.1. The quantitative estimate of drug-likeness (QED) is 0.720. The first-order chi connectivity index (χ1) is 7.29. The van der Waals surface area contributed by atoms with Crippen LogP contribution in [0.25, 0.3) is 0 Å². The van der Waals surface area contributed by atoms with Gasteiger partial charge in [-0.15, -0.1) is 0 Å². The molecule has 0 aliphatic carbocycles. The van der Waals surface area contributed by atoms with Crippen LogP contribution in [0.2, 0.25) is 0 Å². The Balaban J connectivity index is 2.50. The zero-order chi connectivity index (χ0) is 12.3. The minimum atomic E-state index is -0.406. The summed E-state index contributed by atoms with van der Waals surface area (Å²) in [4.78, 5) is 13.7. The lowest BCUT2D eigenvalue weighted by Gasteiger charge is -2.35. The van der Waals surface area contributed by atoms with Gasteiger partial charge in [0.25, 0.3) is 0 Å². The molecule has 0 aromatic carbocycles. The summed E-state index contributed by atoms with van der Waals surface area (Å²) in [7, 11) is 0. The largest absolute Gasteiger partial charge is 0.444 e. The molecule has 3 nitrogen and oxygen atoms in total. The zero-order valence-electron chi connectivity index (χ0n) is 10.7. The molecule has 1 aliphatic heterocycles. The molecule has 1 aliphatic rings. The van der Waals surface area contributed by atoms with Gasteiger partial charge < -0.3 is 9.64 Å². The van der Waals surface area contributed by atoms with Crippen LogP contribution in [0, 0.1) is 5.92 Å². The van der Waals surface area contributed by atoms with Gasteiger partial charge in [-0.25, -0.2) is 4.79 Å². The smallest absolute Gasteiger partial charge is 0.410 e. The second-order valence-electron chi connectivity index (χ2n) is 5.57. The summed E-state index contributed by atoms with van der Waals surface area (Å²) in [5.74, 6) is 0.490. The summed E-state index contributed by atoms with van der Waals surface area (Å²) in [5, 5.41) is 0.338. The zero-order valence-corrected chi connectivity index (χ0v) is 11.6. The minimum Gasteiger partial charge on any atom is -0.444 e. The number of nitrogens with zero attached hydrogens (tertiary/aromatic N) is 1. The molecule has 1 amide bonds. The molecule has 1 heterocycles. The Bertz CT molecular complexity index is 248. The Kier molecular flexibility index (Phi) is 4.53. The van der Waals surface area contributed by atoms with E-state index in [1.54, 1.807) is 0 Å². The second kappa shape index (κ2) is 5.30. The lowest BCUT2D eigenvalue weighted by atomic mass is 9.95. The van der Waals surface area contributed by atoms with Gasteiger partial charge in [0.1, 0.15) is 5.60 Å². The molecule has 1 rings (SSSR count). The molecule has 1 fully saturated rings. The lowest BCUT2D eigenvalue weighted by molar-refractivity contribution is 0.0167. The molecular formula is C12H23NO2S. The van der Waals surface area contributed by atoms with Gasteiger partial charge in [0.05, 0.1) is 0 Å². The van der Waals surface area contributed by atoms with E-state index in [1.165, 1.54) is 0 Å². The average Bonchev–Trinajstić information content (AvgIpc) is 2.15. The van der Waals surface area contributed by atoms with E-state index in [1.807, 2.05) is 25.7 Å². The van der Waals surface area contributed by atoms with E-state index in [4.69, 9.17) is 4.74 Å². The van der Waals surface area contributed by atoms with Crippen LogP contribution in [0.1, 0.15) is 40.5 Å². The van der Waals surface area contributed by atoms with Crippen LogP contribution in [-0.2, 0) is 4.74 Å². The van der Waals surface area contributed by atoms with Crippen LogP contribution < -0.4 is 0 Å². The summed E-state index contributed by atoms with van der Waals surface area (Å²) in [6.45, 7) is 9.37. The first-order valence-electron chi connectivity index (χ1n) is 5.95. The minimum absolute atomic E-state index is 0.189. The van der Waals surface area contributed by atoms with Gasteiger partial charge in [-0.2, -0.15) is 12.6 Å². The fourth-order valence-electron chi connectivity index (χ4n) is 1.90. The van der Waals surface area contributed by atoms with Gasteiger partial charge in [0, 0.05) is 18.3 Å². The number of likely N-dealkylation sites (tertiary alicyclic amines) is 1. The van der Waals surface area contributed by atoms with Crippen LogP contribution in [0.15, 0.2) is 0 Å². The van der Waals surface area contributed by atoms with Crippen molar-refractivity contribution in [3.8, 4) is 0 Å². The van der Waals surface area contributed by atoms with Gasteiger partial charge >= 0.3 is 6.09 Å². The molecule has 0 aromatic rings. The predicted molar refractivity (Wildman–Crippen MR) is 69.0 cm³/mol. The number of carbonyl (C=O) groups is 1. The van der Waals surface area contributed by atoms with E-state index >= 15 is 0 Å². The Morgan fingerprint density at radius 3 is 2.62 bits per heavy atom. The van der Waals surface area contributed by atoms with Crippen molar-refractivity contribution in [1.29, 1.82) is 0 Å². The van der Waals surface area contributed by atoms with Crippen molar-refractivity contribution in [2.24, 2.45) is 5.92 Å². The van der Waals surface area contributed by atoms with Crippen molar-refractivity contribution in [2.75, 3.05) is 13.1 Å². The molecule has 0 spiro atoms. The van der Waals surface area contributed by atoms with Crippen LogP contribution in [0.4, 0.5) is 4.79 Å². The van der Waals surface area contributed by atoms with E-state index in [0.29, 0.717) is 11.2 Å². The van der Waals surface area contributed by atoms with E-state index in [-0.39, 0.29) is 6.09 Å². The van der Waals surface area contributed by atoms with Gasteiger partial charge in [-0.05, 0) is 39.5 Å². The third-order valence-electron chi connectivity index (χ3n) is 2.79. The third kappa shape index (κ3) is 4.24. The fourth-order valence-corrected chi connectivity index (χ4v) is 2.14. The molecule has 0 unspecified atom stereocenters. The van der Waals surface area contributed by atoms with Crippen molar-refractivity contribution < 1.29 is 9.53 Å². The lowest BCUT2D eigenvalue weighted by Crippen LogP contribution is -2.44. The maximum absolute atomic E-state index is 11.9. The molecule has 0 N–H and O–H groups in total. The Morgan fingerprint density at radius 1 is 1.50 bits per heavy atom. The highest BCUT2D eigenvalue weighted by molar-refractivity contribution is 7.80. The molecule has 16 heavy (non-hydrogen) atoms. The van der Waals surface area contributed by atoms with E-state index in [0.717, 1.165) is 25.9 Å². The maximum atomic E-state index is 11.9. The van der Waals surface area contributed by atoms with Crippen molar-refractivity contribution in [1.82, 2.24) is 4.90 Å². The molecular weight excluding hydrogens is 222 g/mol. The molecule has 0 radical (unpaired) electrons. The van der Waals surface area contributed by atoms with Crippen molar-refractivity contribution in [2.45, 2.75) is 51.4 Å². The van der Waals surface area contributed by atoms with Crippen LogP contribution >= 0.6 is 12.6 Å². The number of ether oxygens (including phenoxy) is 1. The third-order valence-corrected chi connectivity index (χ3v) is 3.21. The molecule has 0 bridgehead atoms. The monoisotopic (exact) mass is 245 g/mol. The van der Waals surface area contributed by atoms with Crippen molar-refractivity contribution >= 4 is 18.7 Å². The number of hydrogen-bond acceptors (Lipinski definition) is 3. The first kappa shape index (κ1) is 13.7.